The van der Waals surface area contributed by atoms with Crippen LogP contribution in [0.5, 0.6) is 0 Å². The lowest BCUT2D eigenvalue weighted by atomic mass is 9.91. The van der Waals surface area contributed by atoms with Crippen LogP contribution >= 0.6 is 12.2 Å². The molecule has 4 nitrogen and oxygen atoms in total. The van der Waals surface area contributed by atoms with E-state index in [-0.39, 0.29) is 10.7 Å². The maximum atomic E-state index is 12.3. The predicted octanol–water partition coefficient (Wildman–Crippen LogP) is 2.02. The molecule has 2 N–H and O–H groups in total. The maximum Gasteiger partial charge on any atom is 0.263 e. The van der Waals surface area contributed by atoms with Crippen LogP contribution in [0.3, 0.4) is 0 Å². The summed E-state index contributed by atoms with van der Waals surface area (Å²) in [5.74, 6) is -0.979. The van der Waals surface area contributed by atoms with E-state index in [4.69, 9.17) is 12.2 Å². The van der Waals surface area contributed by atoms with Crippen LogP contribution in [-0.4, -0.2) is 16.9 Å². The molecule has 5 heteroatoms. The van der Waals surface area contributed by atoms with Crippen LogP contribution < -0.4 is 10.6 Å². The summed E-state index contributed by atoms with van der Waals surface area (Å²) in [4.78, 5) is 24.6. The molecule has 0 atom stereocenters. The zero-order valence-corrected chi connectivity index (χ0v) is 12.3. The first-order valence-electron chi connectivity index (χ1n) is 6.68. The average Bonchev–Trinajstić information content (AvgIpc) is 2.52. The molecule has 2 aromatic rings. The summed E-state index contributed by atoms with van der Waals surface area (Å²) in [6, 6.07) is 18.7. The summed E-state index contributed by atoms with van der Waals surface area (Å²) in [7, 11) is 0. The molecule has 108 valence electrons. The van der Waals surface area contributed by atoms with Crippen molar-refractivity contribution in [1.82, 2.24) is 10.6 Å². The molecule has 1 aliphatic rings. The number of hydrogen-bond donors (Lipinski definition) is 2. The zero-order chi connectivity index (χ0) is 15.5. The first kappa shape index (κ1) is 14.2. The fourth-order valence-corrected chi connectivity index (χ4v) is 2.54. The Morgan fingerprint density at radius 3 is 1.55 bits per heavy atom. The number of benzene rings is 2. The lowest BCUT2D eigenvalue weighted by Gasteiger charge is -2.20. The number of nitrogens with one attached hydrogen (secondary N) is 2. The van der Waals surface area contributed by atoms with E-state index in [9.17, 15) is 9.59 Å². The van der Waals surface area contributed by atoms with Crippen molar-refractivity contribution in [3.63, 3.8) is 0 Å². The number of amides is 2. The van der Waals surface area contributed by atoms with E-state index in [1.54, 1.807) is 0 Å². The van der Waals surface area contributed by atoms with Gasteiger partial charge in [-0.2, -0.15) is 0 Å². The van der Waals surface area contributed by atoms with Crippen molar-refractivity contribution in [3.8, 4) is 0 Å². The van der Waals surface area contributed by atoms with Gasteiger partial charge < -0.3 is 0 Å². The summed E-state index contributed by atoms with van der Waals surface area (Å²) in [5.41, 5.74) is 2.23. The van der Waals surface area contributed by atoms with E-state index in [2.05, 4.69) is 10.6 Å². The van der Waals surface area contributed by atoms with Crippen LogP contribution in [0.15, 0.2) is 66.2 Å². The normalized spacial score (nSPS) is 14.4. The molecular weight excluding hydrogens is 296 g/mol. The van der Waals surface area contributed by atoms with Crippen LogP contribution in [-0.2, 0) is 9.59 Å². The molecule has 1 saturated heterocycles. The fourth-order valence-electron chi connectivity index (χ4n) is 2.36. The second-order valence-corrected chi connectivity index (χ2v) is 5.13. The minimum Gasteiger partial charge on any atom is -0.299 e. The highest BCUT2D eigenvalue weighted by molar-refractivity contribution is 7.80. The second-order valence-electron chi connectivity index (χ2n) is 4.72. The topological polar surface area (TPSA) is 58.2 Å². The number of rotatable bonds is 2. The lowest BCUT2D eigenvalue weighted by molar-refractivity contribution is -0.123. The highest BCUT2D eigenvalue weighted by atomic mass is 32.1. The Labute approximate surface area is 132 Å². The zero-order valence-electron chi connectivity index (χ0n) is 11.5. The molecule has 1 aliphatic heterocycles. The molecule has 22 heavy (non-hydrogen) atoms. The fraction of sp³-hybridized carbons (Fsp3) is 0. The minimum absolute atomic E-state index is 0.0271. The van der Waals surface area contributed by atoms with Gasteiger partial charge in [0.15, 0.2) is 5.11 Å². The van der Waals surface area contributed by atoms with Crippen LogP contribution in [0, 0.1) is 0 Å². The third-order valence-corrected chi connectivity index (χ3v) is 3.49. The maximum absolute atomic E-state index is 12.3. The monoisotopic (exact) mass is 308 g/mol. The van der Waals surface area contributed by atoms with Gasteiger partial charge in [0.25, 0.3) is 11.8 Å². The quantitative estimate of drug-likeness (QED) is 0.507. The van der Waals surface area contributed by atoms with Crippen molar-refractivity contribution < 1.29 is 9.59 Å². The number of hydrogen-bond acceptors (Lipinski definition) is 3. The molecular formula is C17H12N2O2S. The number of carbonyl (C=O) groups is 2. The van der Waals surface area contributed by atoms with Crippen molar-refractivity contribution in [2.45, 2.75) is 0 Å². The molecule has 1 heterocycles. The molecule has 1 fully saturated rings. The molecule has 2 amide bonds. The smallest absolute Gasteiger partial charge is 0.263 e. The van der Waals surface area contributed by atoms with E-state index >= 15 is 0 Å². The van der Waals surface area contributed by atoms with Gasteiger partial charge in [-0.05, 0) is 23.3 Å². The van der Waals surface area contributed by atoms with Gasteiger partial charge in [0.05, 0.1) is 0 Å². The van der Waals surface area contributed by atoms with Gasteiger partial charge in [-0.3, -0.25) is 20.2 Å². The van der Waals surface area contributed by atoms with Gasteiger partial charge in [-0.25, -0.2) is 0 Å². The summed E-state index contributed by atoms with van der Waals surface area (Å²) in [6.07, 6.45) is 0. The van der Waals surface area contributed by atoms with E-state index in [1.165, 1.54) is 0 Å². The first-order valence-corrected chi connectivity index (χ1v) is 7.09. The van der Waals surface area contributed by atoms with E-state index in [0.29, 0.717) is 5.57 Å². The van der Waals surface area contributed by atoms with Gasteiger partial charge in [0.2, 0.25) is 0 Å². The van der Waals surface area contributed by atoms with Crippen molar-refractivity contribution in [3.05, 3.63) is 77.4 Å². The van der Waals surface area contributed by atoms with Gasteiger partial charge in [0.1, 0.15) is 5.57 Å². The van der Waals surface area contributed by atoms with Crippen molar-refractivity contribution in [1.29, 1.82) is 0 Å². The predicted molar refractivity (Wildman–Crippen MR) is 87.8 cm³/mol. The van der Waals surface area contributed by atoms with Crippen molar-refractivity contribution in [2.24, 2.45) is 0 Å². The largest absolute Gasteiger partial charge is 0.299 e. The minimum atomic E-state index is -0.489. The molecule has 0 unspecified atom stereocenters. The third-order valence-electron chi connectivity index (χ3n) is 3.28. The number of carbonyl (C=O) groups excluding carboxylic acids is 2. The molecule has 0 saturated carbocycles. The number of thiocarbonyl (C=S) groups is 1. The summed E-state index contributed by atoms with van der Waals surface area (Å²) in [5, 5.41) is 4.99. The van der Waals surface area contributed by atoms with E-state index in [0.717, 1.165) is 11.1 Å². The molecule has 2 aromatic carbocycles. The summed E-state index contributed by atoms with van der Waals surface area (Å²) in [6.45, 7) is 0. The molecule has 0 aromatic heterocycles. The van der Waals surface area contributed by atoms with Crippen LogP contribution in [0.2, 0.25) is 0 Å². The Kier molecular flexibility index (Phi) is 3.80. The van der Waals surface area contributed by atoms with Crippen LogP contribution in [0.1, 0.15) is 11.1 Å². The lowest BCUT2D eigenvalue weighted by Crippen LogP contribution is -2.51. The SMILES string of the molecule is O=C1NC(=S)NC(=O)C1=C(c1ccccc1)c1ccccc1. The molecule has 0 radical (unpaired) electrons. The van der Waals surface area contributed by atoms with Gasteiger partial charge in [-0.15, -0.1) is 0 Å². The third kappa shape index (κ3) is 2.66. The van der Waals surface area contributed by atoms with Gasteiger partial charge in [-0.1, -0.05) is 60.7 Å². The molecule has 0 spiro atoms. The Morgan fingerprint density at radius 2 is 1.14 bits per heavy atom. The van der Waals surface area contributed by atoms with Gasteiger partial charge in [0, 0.05) is 5.57 Å². The Bertz CT molecular complexity index is 719. The standard InChI is InChI=1S/C17H12N2O2S/c20-15-14(16(21)19-17(22)18-15)13(11-7-3-1-4-8-11)12-9-5-2-6-10-12/h1-10H,(H2,18,19,20,21,22). The highest BCUT2D eigenvalue weighted by Gasteiger charge is 2.30. The summed E-state index contributed by atoms with van der Waals surface area (Å²) < 4.78 is 0. The first-order chi connectivity index (χ1) is 10.7. The van der Waals surface area contributed by atoms with E-state index in [1.807, 2.05) is 60.7 Å². The van der Waals surface area contributed by atoms with Crippen LogP contribution in [0.25, 0.3) is 5.57 Å². The highest BCUT2D eigenvalue weighted by Crippen LogP contribution is 2.27. The van der Waals surface area contributed by atoms with Crippen molar-refractivity contribution >= 4 is 34.7 Å². The van der Waals surface area contributed by atoms with Gasteiger partial charge >= 0.3 is 0 Å². The molecule has 0 bridgehead atoms. The average molecular weight is 308 g/mol. The second kappa shape index (κ2) is 5.91. The summed E-state index contributed by atoms with van der Waals surface area (Å²) >= 11 is 4.85. The molecule has 0 aliphatic carbocycles. The van der Waals surface area contributed by atoms with E-state index < -0.39 is 11.8 Å². The molecule has 3 rings (SSSR count). The van der Waals surface area contributed by atoms with Crippen molar-refractivity contribution in [2.75, 3.05) is 0 Å². The Morgan fingerprint density at radius 1 is 0.727 bits per heavy atom. The van der Waals surface area contributed by atoms with Crippen LogP contribution in [0.4, 0.5) is 0 Å². The Hall–Kier alpha value is -2.79. The Balaban J connectivity index is 2.26.